The number of imidazole rings is 1. The van der Waals surface area contributed by atoms with Gasteiger partial charge in [0.05, 0.1) is 18.9 Å². The number of anilines is 3. The molecule has 4 N–H and O–H groups in total. The van der Waals surface area contributed by atoms with Crippen molar-refractivity contribution in [3.05, 3.63) is 54.0 Å². The molecule has 8 heteroatoms. The highest BCUT2D eigenvalue weighted by Crippen LogP contribution is 2.28. The minimum absolute atomic E-state index is 0.210. The third-order valence-electron chi connectivity index (χ3n) is 4.65. The molecule has 1 aromatic carbocycles. The second-order valence-electron chi connectivity index (χ2n) is 6.76. The third-order valence-corrected chi connectivity index (χ3v) is 4.65. The van der Waals surface area contributed by atoms with Gasteiger partial charge in [0.2, 0.25) is 0 Å². The average Bonchev–Trinajstić information content (AvgIpc) is 3.19. The number of aryl methyl sites for hydroxylation is 2. The van der Waals surface area contributed by atoms with Gasteiger partial charge in [0, 0.05) is 12.2 Å². The number of nitrogens with one attached hydrogen (secondary N) is 2. The Labute approximate surface area is 161 Å². The van der Waals surface area contributed by atoms with Gasteiger partial charge in [-0.3, -0.25) is 4.40 Å². The second-order valence-corrected chi connectivity index (χ2v) is 6.76. The van der Waals surface area contributed by atoms with Gasteiger partial charge in [-0.15, -0.1) is 0 Å². The maximum Gasteiger partial charge on any atom is 0.166 e. The molecule has 0 bridgehead atoms. The van der Waals surface area contributed by atoms with E-state index in [1.807, 2.05) is 16.5 Å². The topological polar surface area (TPSA) is 108 Å². The summed E-state index contributed by atoms with van der Waals surface area (Å²) >= 11 is 0. The number of benzene rings is 1. The quantitative estimate of drug-likeness (QED) is 0.408. The molecule has 1 unspecified atom stereocenters. The summed E-state index contributed by atoms with van der Waals surface area (Å²) in [4.78, 5) is 13.6. The molecule has 8 nitrogen and oxygen atoms in total. The fraction of sp³-hybridized carbons (Fsp3) is 0.250. The summed E-state index contributed by atoms with van der Waals surface area (Å²) in [6.07, 6.45) is 2.61. The predicted octanol–water partition coefficient (Wildman–Crippen LogP) is 2.40. The molecule has 4 rings (SSSR count). The van der Waals surface area contributed by atoms with Gasteiger partial charge in [-0.1, -0.05) is 18.2 Å². The first-order valence-electron chi connectivity index (χ1n) is 9.05. The zero-order valence-electron chi connectivity index (χ0n) is 15.7. The lowest BCUT2D eigenvalue weighted by molar-refractivity contribution is 0.105. The van der Waals surface area contributed by atoms with Gasteiger partial charge in [0.1, 0.15) is 23.2 Å². The first-order valence-corrected chi connectivity index (χ1v) is 9.05. The van der Waals surface area contributed by atoms with Gasteiger partial charge in [-0.2, -0.15) is 0 Å². The first kappa shape index (κ1) is 18.1. The van der Waals surface area contributed by atoms with Crippen molar-refractivity contribution in [1.29, 1.82) is 0 Å². The molecule has 0 saturated carbocycles. The predicted molar refractivity (Wildman–Crippen MR) is 109 cm³/mol. The van der Waals surface area contributed by atoms with E-state index in [2.05, 4.69) is 46.6 Å². The van der Waals surface area contributed by atoms with Crippen molar-refractivity contribution in [3.63, 3.8) is 0 Å². The van der Waals surface area contributed by atoms with Crippen molar-refractivity contribution in [3.8, 4) is 0 Å². The first-order chi connectivity index (χ1) is 13.6. The third kappa shape index (κ3) is 3.35. The Morgan fingerprint density at radius 3 is 2.64 bits per heavy atom. The summed E-state index contributed by atoms with van der Waals surface area (Å²) in [5, 5.41) is 24.9. The largest absolute Gasteiger partial charge is 0.394 e. The van der Waals surface area contributed by atoms with Crippen molar-refractivity contribution in [1.82, 2.24) is 19.4 Å². The molecule has 0 aliphatic rings. The van der Waals surface area contributed by atoms with Crippen molar-refractivity contribution < 1.29 is 10.2 Å². The minimum Gasteiger partial charge on any atom is -0.394 e. The Hall–Kier alpha value is -3.23. The zero-order valence-corrected chi connectivity index (χ0v) is 15.7. The van der Waals surface area contributed by atoms with Crippen molar-refractivity contribution in [2.45, 2.75) is 20.0 Å². The van der Waals surface area contributed by atoms with E-state index in [0.717, 1.165) is 22.3 Å². The van der Waals surface area contributed by atoms with E-state index >= 15 is 0 Å². The molecule has 0 fully saturated rings. The SMILES string of the molecule is Cc1cccc(C)c1Nc1nc2ccc(NCC(O)CO)nc2n2cncc12. The number of pyridine rings is 1. The Bertz CT molecular complexity index is 1120. The fourth-order valence-corrected chi connectivity index (χ4v) is 3.13. The number of para-hydroxylation sites is 1. The van der Waals surface area contributed by atoms with Crippen LogP contribution in [0.15, 0.2) is 42.9 Å². The van der Waals surface area contributed by atoms with Crippen LogP contribution in [0.2, 0.25) is 0 Å². The van der Waals surface area contributed by atoms with E-state index in [1.165, 1.54) is 0 Å². The van der Waals surface area contributed by atoms with Crippen molar-refractivity contribution in [2.75, 3.05) is 23.8 Å². The summed E-state index contributed by atoms with van der Waals surface area (Å²) in [5.41, 5.74) is 5.49. The average molecular weight is 378 g/mol. The number of rotatable bonds is 6. The molecule has 0 radical (unpaired) electrons. The van der Waals surface area contributed by atoms with Crippen LogP contribution in [0.25, 0.3) is 16.7 Å². The Balaban J connectivity index is 1.76. The van der Waals surface area contributed by atoms with Crippen LogP contribution >= 0.6 is 0 Å². The molecule has 0 aliphatic heterocycles. The van der Waals surface area contributed by atoms with Gasteiger partial charge in [-0.05, 0) is 37.1 Å². The van der Waals surface area contributed by atoms with Gasteiger partial charge in [-0.25, -0.2) is 15.0 Å². The second kappa shape index (κ2) is 7.41. The number of aliphatic hydroxyl groups excluding tert-OH is 2. The van der Waals surface area contributed by atoms with Gasteiger partial charge in [0.15, 0.2) is 11.5 Å². The molecule has 0 saturated heterocycles. The smallest absolute Gasteiger partial charge is 0.166 e. The van der Waals surface area contributed by atoms with E-state index in [4.69, 9.17) is 10.1 Å². The highest BCUT2D eigenvalue weighted by Gasteiger charge is 2.13. The maximum atomic E-state index is 9.52. The summed E-state index contributed by atoms with van der Waals surface area (Å²) < 4.78 is 1.88. The van der Waals surface area contributed by atoms with Crippen LogP contribution in [0.5, 0.6) is 0 Å². The van der Waals surface area contributed by atoms with Crippen molar-refractivity contribution in [2.24, 2.45) is 0 Å². The minimum atomic E-state index is -0.840. The summed E-state index contributed by atoms with van der Waals surface area (Å²) in [6.45, 7) is 4.03. The van der Waals surface area contributed by atoms with E-state index in [0.29, 0.717) is 22.8 Å². The fourth-order valence-electron chi connectivity index (χ4n) is 3.13. The normalized spacial score (nSPS) is 12.4. The Kier molecular flexibility index (Phi) is 4.81. The lowest BCUT2D eigenvalue weighted by Gasteiger charge is -2.14. The van der Waals surface area contributed by atoms with Gasteiger partial charge >= 0.3 is 0 Å². The summed E-state index contributed by atoms with van der Waals surface area (Å²) in [5.74, 6) is 1.30. The van der Waals surface area contributed by atoms with E-state index in [-0.39, 0.29) is 13.2 Å². The monoisotopic (exact) mass is 378 g/mol. The summed E-state index contributed by atoms with van der Waals surface area (Å²) in [6, 6.07) is 9.81. The Morgan fingerprint density at radius 1 is 1.11 bits per heavy atom. The van der Waals surface area contributed by atoms with Crippen LogP contribution in [-0.2, 0) is 0 Å². The molecule has 1 atom stereocenters. The van der Waals surface area contributed by atoms with Crippen LogP contribution in [0.1, 0.15) is 11.1 Å². The lowest BCUT2D eigenvalue weighted by atomic mass is 10.1. The molecule has 0 spiro atoms. The van der Waals surface area contributed by atoms with E-state index < -0.39 is 6.10 Å². The van der Waals surface area contributed by atoms with Crippen LogP contribution < -0.4 is 10.6 Å². The molecule has 4 aromatic rings. The van der Waals surface area contributed by atoms with Crippen LogP contribution in [-0.4, -0.2) is 48.8 Å². The highest BCUT2D eigenvalue weighted by molar-refractivity contribution is 5.85. The standard InChI is InChI=1S/C20H22N6O2/c1-12-4-3-5-13(2)18(12)25-19-16-9-21-11-26(16)20-15(23-19)6-7-17(24-20)22-8-14(28)10-27/h3-7,9,11,14,27-28H,8,10H2,1-2H3,(H,22,24)(H,23,25). The number of nitrogens with zero attached hydrogens (tertiary/aromatic N) is 4. The van der Waals surface area contributed by atoms with Gasteiger partial charge in [0.25, 0.3) is 0 Å². The molecular weight excluding hydrogens is 356 g/mol. The van der Waals surface area contributed by atoms with Crippen LogP contribution in [0, 0.1) is 13.8 Å². The zero-order chi connectivity index (χ0) is 19.7. The molecule has 3 aromatic heterocycles. The number of aliphatic hydroxyl groups is 2. The molecule has 28 heavy (non-hydrogen) atoms. The number of hydrogen-bond acceptors (Lipinski definition) is 7. The van der Waals surface area contributed by atoms with Crippen LogP contribution in [0.3, 0.4) is 0 Å². The summed E-state index contributed by atoms with van der Waals surface area (Å²) in [7, 11) is 0. The van der Waals surface area contributed by atoms with E-state index in [1.54, 1.807) is 18.6 Å². The lowest BCUT2D eigenvalue weighted by Crippen LogP contribution is -2.23. The molecule has 144 valence electrons. The number of aromatic nitrogens is 4. The van der Waals surface area contributed by atoms with Gasteiger partial charge < -0.3 is 20.8 Å². The highest BCUT2D eigenvalue weighted by atomic mass is 16.3. The maximum absolute atomic E-state index is 9.52. The molecule has 0 amide bonds. The number of fused-ring (bicyclic) bond motifs is 3. The van der Waals surface area contributed by atoms with Crippen molar-refractivity contribution >= 4 is 34.0 Å². The number of hydrogen-bond donors (Lipinski definition) is 4. The molecule has 3 heterocycles. The van der Waals surface area contributed by atoms with E-state index in [9.17, 15) is 5.11 Å². The Morgan fingerprint density at radius 2 is 1.89 bits per heavy atom. The molecule has 0 aliphatic carbocycles. The molecular formula is C20H22N6O2. The van der Waals surface area contributed by atoms with Crippen LogP contribution in [0.4, 0.5) is 17.3 Å².